The zero-order valence-corrected chi connectivity index (χ0v) is 16.0. The average molecular weight is 384 g/mol. The zero-order valence-electron chi connectivity index (χ0n) is 15.1. The number of carbonyl (C=O) groups excluding carboxylic acids is 2. The van der Waals surface area contributed by atoms with E-state index in [9.17, 15) is 18.0 Å². The maximum Gasteiger partial charge on any atom is 0.259 e. The van der Waals surface area contributed by atoms with Crippen molar-refractivity contribution in [2.45, 2.75) is 19.4 Å². The van der Waals surface area contributed by atoms with E-state index >= 15 is 0 Å². The second-order valence-electron chi connectivity index (χ2n) is 5.96. The number of carbonyl (C=O) groups is 2. The molecule has 9 heteroatoms. The molecule has 1 aliphatic heterocycles. The largest absolute Gasteiger partial charge is 0.496 e. The maximum atomic E-state index is 12.5. The van der Waals surface area contributed by atoms with Crippen LogP contribution >= 0.6 is 0 Å². The topological polar surface area (TPSA) is 102 Å². The third-order valence-electron chi connectivity index (χ3n) is 4.37. The van der Waals surface area contributed by atoms with Gasteiger partial charge in [-0.2, -0.15) is 0 Å². The van der Waals surface area contributed by atoms with E-state index in [0.29, 0.717) is 24.5 Å². The molecule has 0 aliphatic carbocycles. The molecule has 8 nitrogen and oxygen atoms in total. The summed E-state index contributed by atoms with van der Waals surface area (Å²) < 4.78 is 33.7. The Morgan fingerprint density at radius 3 is 2.31 bits per heavy atom. The van der Waals surface area contributed by atoms with E-state index in [1.165, 1.54) is 19.1 Å². The normalized spacial score (nSPS) is 18.2. The van der Waals surface area contributed by atoms with Gasteiger partial charge in [-0.25, -0.2) is 8.42 Å². The van der Waals surface area contributed by atoms with Crippen molar-refractivity contribution in [3.8, 4) is 11.5 Å². The fourth-order valence-corrected chi connectivity index (χ4v) is 4.81. The molecule has 144 valence electrons. The van der Waals surface area contributed by atoms with Crippen LogP contribution in [0.4, 0.5) is 0 Å². The molecule has 1 fully saturated rings. The first kappa shape index (κ1) is 20.0. The van der Waals surface area contributed by atoms with Crippen LogP contribution in [-0.4, -0.2) is 70.0 Å². The number of ether oxygens (including phenoxy) is 2. The second-order valence-corrected chi connectivity index (χ2v) is 8.19. The molecular weight excluding hydrogens is 360 g/mol. The highest BCUT2D eigenvalue weighted by Gasteiger charge is 2.34. The number of likely N-dealkylation sites (N-methyl/N-ethyl adjacent to an activating group) is 1. The minimum absolute atomic E-state index is 0.0269. The summed E-state index contributed by atoms with van der Waals surface area (Å²) in [7, 11) is -0.210. The molecule has 2 amide bonds. The van der Waals surface area contributed by atoms with E-state index in [0.717, 1.165) is 0 Å². The van der Waals surface area contributed by atoms with Gasteiger partial charge in [-0.05, 0) is 25.5 Å². The molecule has 1 unspecified atom stereocenters. The highest BCUT2D eigenvalue weighted by atomic mass is 32.2. The van der Waals surface area contributed by atoms with Crippen molar-refractivity contribution in [3.05, 3.63) is 23.8 Å². The van der Waals surface area contributed by atoms with Crippen LogP contribution < -0.4 is 14.8 Å². The lowest BCUT2D eigenvalue weighted by Crippen LogP contribution is -2.46. The van der Waals surface area contributed by atoms with E-state index in [-0.39, 0.29) is 35.6 Å². The van der Waals surface area contributed by atoms with Crippen molar-refractivity contribution >= 4 is 21.7 Å². The zero-order chi connectivity index (χ0) is 19.3. The fourth-order valence-electron chi connectivity index (χ4n) is 3.08. The summed E-state index contributed by atoms with van der Waals surface area (Å²) in [5.74, 6) is -0.0841. The molecule has 1 heterocycles. The van der Waals surface area contributed by atoms with Gasteiger partial charge < -0.3 is 19.7 Å². The van der Waals surface area contributed by atoms with Gasteiger partial charge in [0.2, 0.25) is 5.91 Å². The molecular formula is C17H24N2O6S. The van der Waals surface area contributed by atoms with Crippen LogP contribution in [0.15, 0.2) is 18.2 Å². The van der Waals surface area contributed by atoms with Gasteiger partial charge in [0.05, 0.1) is 32.3 Å². The van der Waals surface area contributed by atoms with Gasteiger partial charge in [0, 0.05) is 12.6 Å². The third kappa shape index (κ3) is 4.46. The Morgan fingerprint density at radius 1 is 1.23 bits per heavy atom. The van der Waals surface area contributed by atoms with Crippen LogP contribution in [0.1, 0.15) is 23.7 Å². The molecule has 0 bridgehead atoms. The summed E-state index contributed by atoms with van der Waals surface area (Å²) >= 11 is 0. The van der Waals surface area contributed by atoms with Gasteiger partial charge in [0.25, 0.3) is 5.91 Å². The maximum absolute atomic E-state index is 12.5. The monoisotopic (exact) mass is 384 g/mol. The van der Waals surface area contributed by atoms with Gasteiger partial charge in [0.1, 0.15) is 17.1 Å². The van der Waals surface area contributed by atoms with E-state index in [1.54, 1.807) is 25.1 Å². The van der Waals surface area contributed by atoms with Crippen LogP contribution in [0.5, 0.6) is 11.5 Å². The van der Waals surface area contributed by atoms with Crippen LogP contribution in [0.25, 0.3) is 0 Å². The molecule has 1 saturated heterocycles. The number of hydrogen-bond donors (Lipinski definition) is 1. The van der Waals surface area contributed by atoms with Gasteiger partial charge in [-0.1, -0.05) is 6.07 Å². The summed E-state index contributed by atoms with van der Waals surface area (Å²) in [5, 5.41) is 2.57. The molecule has 0 aromatic heterocycles. The van der Waals surface area contributed by atoms with Gasteiger partial charge in [-0.3, -0.25) is 9.59 Å². The van der Waals surface area contributed by atoms with E-state index in [2.05, 4.69) is 5.32 Å². The number of methoxy groups -OCH3 is 2. The molecule has 1 N–H and O–H groups in total. The number of nitrogens with one attached hydrogen (secondary N) is 1. The molecule has 0 spiro atoms. The van der Waals surface area contributed by atoms with E-state index in [4.69, 9.17) is 9.47 Å². The average Bonchev–Trinajstić information content (AvgIpc) is 2.98. The number of hydrogen-bond acceptors (Lipinski definition) is 6. The molecule has 2 rings (SSSR count). The Hall–Kier alpha value is -2.29. The minimum atomic E-state index is -3.09. The number of benzene rings is 1. The lowest BCUT2D eigenvalue weighted by atomic mass is 10.1. The smallest absolute Gasteiger partial charge is 0.259 e. The van der Waals surface area contributed by atoms with Crippen LogP contribution in [-0.2, 0) is 14.6 Å². The van der Waals surface area contributed by atoms with Crippen LogP contribution in [0.2, 0.25) is 0 Å². The molecule has 26 heavy (non-hydrogen) atoms. The van der Waals surface area contributed by atoms with Crippen molar-refractivity contribution in [2.24, 2.45) is 0 Å². The summed E-state index contributed by atoms with van der Waals surface area (Å²) in [6, 6.07) is 4.61. The first-order valence-electron chi connectivity index (χ1n) is 8.32. The van der Waals surface area contributed by atoms with Crippen LogP contribution in [0, 0.1) is 0 Å². The Morgan fingerprint density at radius 2 is 1.85 bits per heavy atom. The van der Waals surface area contributed by atoms with Crippen molar-refractivity contribution in [2.75, 3.05) is 38.8 Å². The first-order valence-corrected chi connectivity index (χ1v) is 10.1. The molecule has 0 saturated carbocycles. The Kier molecular flexibility index (Phi) is 6.47. The Labute approximate surface area is 153 Å². The number of nitrogens with zero attached hydrogens (tertiary/aromatic N) is 1. The quantitative estimate of drug-likeness (QED) is 0.733. The SMILES string of the molecule is CCN(C(=O)CNC(=O)c1c(OC)cccc1OC)C1CCS(=O)(=O)C1. The predicted molar refractivity (Wildman–Crippen MR) is 96.3 cm³/mol. The molecule has 1 aromatic rings. The second kappa shape index (κ2) is 8.39. The van der Waals surface area contributed by atoms with Crippen LogP contribution in [0.3, 0.4) is 0 Å². The molecule has 1 aromatic carbocycles. The Bertz CT molecular complexity index is 755. The lowest BCUT2D eigenvalue weighted by Gasteiger charge is -2.27. The van der Waals surface area contributed by atoms with Crippen molar-refractivity contribution in [1.29, 1.82) is 0 Å². The van der Waals surface area contributed by atoms with Gasteiger partial charge in [-0.15, -0.1) is 0 Å². The van der Waals surface area contributed by atoms with Crippen molar-refractivity contribution < 1.29 is 27.5 Å². The third-order valence-corrected chi connectivity index (χ3v) is 6.12. The number of amides is 2. The summed E-state index contributed by atoms with van der Waals surface area (Å²) in [5.41, 5.74) is 0.205. The summed E-state index contributed by atoms with van der Waals surface area (Å²) in [6.45, 7) is 1.94. The molecule has 1 aliphatic rings. The lowest BCUT2D eigenvalue weighted by molar-refractivity contribution is -0.131. The van der Waals surface area contributed by atoms with E-state index < -0.39 is 15.7 Å². The molecule has 0 radical (unpaired) electrons. The van der Waals surface area contributed by atoms with E-state index in [1.807, 2.05) is 0 Å². The highest BCUT2D eigenvalue weighted by molar-refractivity contribution is 7.91. The fraction of sp³-hybridized carbons (Fsp3) is 0.529. The predicted octanol–water partition coefficient (Wildman–Crippen LogP) is 0.469. The summed E-state index contributed by atoms with van der Waals surface area (Å²) in [6.07, 6.45) is 0.427. The van der Waals surface area contributed by atoms with Crippen molar-refractivity contribution in [3.63, 3.8) is 0 Å². The number of rotatable bonds is 7. The first-order chi connectivity index (χ1) is 12.3. The molecule has 1 atom stereocenters. The Balaban J connectivity index is 2.06. The van der Waals surface area contributed by atoms with Gasteiger partial charge >= 0.3 is 0 Å². The van der Waals surface area contributed by atoms with Gasteiger partial charge in [0.15, 0.2) is 9.84 Å². The minimum Gasteiger partial charge on any atom is -0.496 e. The number of sulfone groups is 1. The highest BCUT2D eigenvalue weighted by Crippen LogP contribution is 2.28. The van der Waals surface area contributed by atoms with Crippen molar-refractivity contribution in [1.82, 2.24) is 10.2 Å². The standard InChI is InChI=1S/C17H24N2O6S/c1-4-19(12-8-9-26(22,23)11-12)15(20)10-18-17(21)16-13(24-2)6-5-7-14(16)25-3/h5-7,12H,4,8-11H2,1-3H3,(H,18,21). The summed E-state index contributed by atoms with van der Waals surface area (Å²) in [4.78, 5) is 26.5.